The lowest BCUT2D eigenvalue weighted by molar-refractivity contribution is -0.123. The van der Waals surface area contributed by atoms with Gasteiger partial charge >= 0.3 is 0 Å². The number of hydrogen-bond acceptors (Lipinski definition) is 5. The maximum absolute atomic E-state index is 13.6. The zero-order chi connectivity index (χ0) is 27.4. The summed E-state index contributed by atoms with van der Waals surface area (Å²) >= 11 is 6.99. The summed E-state index contributed by atoms with van der Waals surface area (Å²) in [6, 6.07) is 27.7. The van der Waals surface area contributed by atoms with Crippen molar-refractivity contribution in [3.8, 4) is 22.7 Å². The highest BCUT2D eigenvalue weighted by Gasteiger charge is 2.36. The first-order chi connectivity index (χ1) is 18.9. The van der Waals surface area contributed by atoms with Crippen LogP contribution in [-0.2, 0) is 4.79 Å². The van der Waals surface area contributed by atoms with Gasteiger partial charge in [-0.1, -0.05) is 86.4 Å². The molecule has 0 bridgehead atoms. The number of carbonyl (C=O) groups excluding carboxylic acids is 1. The van der Waals surface area contributed by atoms with Crippen molar-refractivity contribution >= 4 is 40.3 Å². The molecule has 1 aromatic heterocycles. The van der Waals surface area contributed by atoms with Gasteiger partial charge in [-0.2, -0.15) is 5.10 Å². The van der Waals surface area contributed by atoms with Crippen LogP contribution in [0.5, 0.6) is 5.75 Å². The highest BCUT2D eigenvalue weighted by Crippen LogP contribution is 2.39. The Morgan fingerprint density at radius 1 is 0.949 bits per heavy atom. The molecule has 1 aliphatic rings. The van der Waals surface area contributed by atoms with Crippen LogP contribution in [0.2, 0.25) is 0 Å². The monoisotopic (exact) mass is 553 g/mol. The average Bonchev–Trinajstić information content (AvgIpc) is 3.49. The van der Waals surface area contributed by atoms with Crippen LogP contribution in [0, 0.1) is 5.92 Å². The largest absolute Gasteiger partial charge is 0.494 e. The van der Waals surface area contributed by atoms with E-state index in [4.69, 9.17) is 22.1 Å². The molecular weight excluding hydrogens is 523 g/mol. The lowest BCUT2D eigenvalue weighted by Gasteiger charge is -2.23. The van der Waals surface area contributed by atoms with Gasteiger partial charge in [0.2, 0.25) is 0 Å². The Hall–Kier alpha value is -3.68. The predicted octanol–water partition coefficient (Wildman–Crippen LogP) is 7.93. The van der Waals surface area contributed by atoms with Crippen molar-refractivity contribution in [2.75, 3.05) is 6.61 Å². The third-order valence-electron chi connectivity index (χ3n) is 6.63. The molecule has 39 heavy (non-hydrogen) atoms. The maximum atomic E-state index is 13.6. The van der Waals surface area contributed by atoms with Gasteiger partial charge < -0.3 is 4.74 Å². The lowest BCUT2D eigenvalue weighted by Crippen LogP contribution is -2.30. The molecule has 5 rings (SSSR count). The van der Waals surface area contributed by atoms with Crippen molar-refractivity contribution in [2.24, 2.45) is 5.92 Å². The standard InChI is InChI=1S/C32H31N3O2S2/c1-22(2)18-19-37-28-16-14-25(15-17-28)30-26(21-34(33-30)27-12-8-5-9-13-27)20-29-31(36)35(32(38)39-29)23(3)24-10-6-4-7-11-24/h4-17,20-23H,18-19H2,1-3H3/b29-20-. The van der Waals surface area contributed by atoms with E-state index < -0.39 is 0 Å². The Morgan fingerprint density at radius 3 is 2.28 bits per heavy atom. The Bertz CT molecular complexity index is 1480. The first-order valence-corrected chi connectivity index (χ1v) is 14.3. The fourth-order valence-electron chi connectivity index (χ4n) is 4.39. The maximum Gasteiger partial charge on any atom is 0.266 e. The zero-order valence-electron chi connectivity index (χ0n) is 22.3. The van der Waals surface area contributed by atoms with Gasteiger partial charge in [-0.05, 0) is 67.3 Å². The second-order valence-corrected chi connectivity index (χ2v) is 11.6. The fraction of sp³-hybridized carbons (Fsp3) is 0.219. The molecule has 198 valence electrons. The van der Waals surface area contributed by atoms with E-state index in [1.54, 1.807) is 4.90 Å². The number of amides is 1. The van der Waals surface area contributed by atoms with Gasteiger partial charge in [-0.3, -0.25) is 9.69 Å². The lowest BCUT2D eigenvalue weighted by atomic mass is 10.1. The molecule has 5 nitrogen and oxygen atoms in total. The van der Waals surface area contributed by atoms with Crippen molar-refractivity contribution < 1.29 is 9.53 Å². The van der Waals surface area contributed by atoms with Crippen LogP contribution in [0.25, 0.3) is 23.0 Å². The molecule has 1 amide bonds. The van der Waals surface area contributed by atoms with E-state index in [-0.39, 0.29) is 11.9 Å². The highest BCUT2D eigenvalue weighted by atomic mass is 32.2. The minimum Gasteiger partial charge on any atom is -0.494 e. The van der Waals surface area contributed by atoms with Crippen molar-refractivity contribution in [1.29, 1.82) is 0 Å². The first-order valence-electron chi connectivity index (χ1n) is 13.1. The fourth-order valence-corrected chi connectivity index (χ4v) is 5.80. The van der Waals surface area contributed by atoms with E-state index in [0.717, 1.165) is 40.2 Å². The Kier molecular flexibility index (Phi) is 8.29. The van der Waals surface area contributed by atoms with Gasteiger partial charge in [-0.25, -0.2) is 4.68 Å². The Morgan fingerprint density at radius 2 is 1.62 bits per heavy atom. The second kappa shape index (κ2) is 12.0. The van der Waals surface area contributed by atoms with Gasteiger partial charge in [0, 0.05) is 17.3 Å². The Labute approximate surface area is 239 Å². The number of ether oxygens (including phenoxy) is 1. The first kappa shape index (κ1) is 26.9. The van der Waals surface area contributed by atoms with E-state index in [1.165, 1.54) is 11.8 Å². The molecule has 4 aromatic rings. The summed E-state index contributed by atoms with van der Waals surface area (Å²) in [5.74, 6) is 1.34. The van der Waals surface area contributed by atoms with Gasteiger partial charge in [0.25, 0.3) is 5.91 Å². The van der Waals surface area contributed by atoms with Crippen molar-refractivity contribution in [3.63, 3.8) is 0 Å². The van der Waals surface area contributed by atoms with Crippen LogP contribution in [0.15, 0.2) is 96.0 Å². The predicted molar refractivity (Wildman–Crippen MR) is 164 cm³/mol. The SMILES string of the molecule is CC(C)CCOc1ccc(-c2nn(-c3ccccc3)cc2/C=C2\SC(=S)N(C(C)c3ccccc3)C2=O)cc1. The number of carbonyl (C=O) groups is 1. The summed E-state index contributed by atoms with van der Waals surface area (Å²) in [4.78, 5) is 15.8. The third-order valence-corrected chi connectivity index (χ3v) is 7.96. The average molecular weight is 554 g/mol. The third kappa shape index (κ3) is 6.15. The molecule has 0 N–H and O–H groups in total. The van der Waals surface area contributed by atoms with E-state index in [9.17, 15) is 4.79 Å². The van der Waals surface area contributed by atoms with Crippen LogP contribution in [0.4, 0.5) is 0 Å². The molecule has 1 unspecified atom stereocenters. The number of para-hydroxylation sites is 1. The molecule has 0 radical (unpaired) electrons. The summed E-state index contributed by atoms with van der Waals surface area (Å²) < 4.78 is 8.32. The highest BCUT2D eigenvalue weighted by molar-refractivity contribution is 8.26. The molecule has 1 aliphatic heterocycles. The Balaban J connectivity index is 1.47. The van der Waals surface area contributed by atoms with Crippen LogP contribution in [-0.4, -0.2) is 31.5 Å². The molecule has 3 aromatic carbocycles. The van der Waals surface area contributed by atoms with Crippen molar-refractivity contribution in [3.05, 3.63) is 107 Å². The number of rotatable bonds is 9. The molecule has 7 heteroatoms. The molecule has 1 atom stereocenters. The molecule has 2 heterocycles. The van der Waals surface area contributed by atoms with Gasteiger partial charge in [-0.15, -0.1) is 0 Å². The molecular formula is C32H31N3O2S2. The molecule has 0 aliphatic carbocycles. The van der Waals surface area contributed by atoms with Crippen LogP contribution < -0.4 is 4.74 Å². The van der Waals surface area contributed by atoms with E-state index >= 15 is 0 Å². The quantitative estimate of drug-likeness (QED) is 0.156. The zero-order valence-corrected chi connectivity index (χ0v) is 23.9. The number of aromatic nitrogens is 2. The summed E-state index contributed by atoms with van der Waals surface area (Å²) in [6.07, 6.45) is 4.88. The van der Waals surface area contributed by atoms with Crippen molar-refractivity contribution in [1.82, 2.24) is 14.7 Å². The summed E-state index contributed by atoms with van der Waals surface area (Å²) in [5.41, 5.74) is 4.56. The topological polar surface area (TPSA) is 47.4 Å². The number of thiocarbonyl (C=S) groups is 1. The normalized spacial score (nSPS) is 15.4. The summed E-state index contributed by atoms with van der Waals surface area (Å²) in [6.45, 7) is 7.07. The number of nitrogens with zero attached hydrogens (tertiary/aromatic N) is 3. The minimum absolute atomic E-state index is 0.0892. The summed E-state index contributed by atoms with van der Waals surface area (Å²) in [5, 5.41) is 4.92. The summed E-state index contributed by atoms with van der Waals surface area (Å²) in [7, 11) is 0. The smallest absolute Gasteiger partial charge is 0.266 e. The number of benzene rings is 3. The van der Waals surface area contributed by atoms with Crippen LogP contribution >= 0.6 is 24.0 Å². The van der Waals surface area contributed by atoms with Gasteiger partial charge in [0.15, 0.2) is 0 Å². The second-order valence-electron chi connectivity index (χ2n) is 9.91. The van der Waals surface area contributed by atoms with Gasteiger partial charge in [0.05, 0.1) is 28.9 Å². The van der Waals surface area contributed by atoms with Crippen LogP contribution in [0.3, 0.4) is 0 Å². The molecule has 0 spiro atoms. The molecule has 1 saturated heterocycles. The number of thioether (sulfide) groups is 1. The van der Waals surface area contributed by atoms with E-state index in [1.807, 2.05) is 109 Å². The van der Waals surface area contributed by atoms with Crippen LogP contribution in [0.1, 0.15) is 44.4 Å². The number of hydrogen-bond donors (Lipinski definition) is 0. The van der Waals surface area contributed by atoms with E-state index in [2.05, 4.69) is 13.8 Å². The van der Waals surface area contributed by atoms with Crippen molar-refractivity contribution in [2.45, 2.75) is 33.2 Å². The van der Waals surface area contributed by atoms with E-state index in [0.29, 0.717) is 21.8 Å². The molecule has 0 saturated carbocycles. The molecule has 1 fully saturated rings. The minimum atomic E-state index is -0.153. The van der Waals surface area contributed by atoms with Gasteiger partial charge in [0.1, 0.15) is 10.1 Å².